The molecule has 4 rings (SSSR count). The van der Waals surface area contributed by atoms with Crippen LogP contribution in [0.3, 0.4) is 0 Å². The van der Waals surface area contributed by atoms with Crippen molar-refractivity contribution >= 4 is 61.3 Å². The number of phenols is 1. The number of benzene rings is 2. The van der Waals surface area contributed by atoms with Crippen LogP contribution in [0.4, 0.5) is 23.0 Å². The molecule has 1 fully saturated rings. The van der Waals surface area contributed by atoms with Crippen molar-refractivity contribution in [1.82, 2.24) is 10.2 Å². The number of sulfone groups is 1. The zero-order valence-electron chi connectivity index (χ0n) is 19.8. The van der Waals surface area contributed by atoms with E-state index in [0.717, 1.165) is 22.4 Å². The first-order valence-electron chi connectivity index (χ1n) is 11.5. The Kier molecular flexibility index (Phi) is 7.93. The Morgan fingerprint density at radius 2 is 1.86 bits per heavy atom. The molecule has 0 saturated carbocycles. The highest BCUT2D eigenvalue weighted by molar-refractivity contribution is 14.1. The van der Waals surface area contributed by atoms with E-state index < -0.39 is 15.7 Å². The van der Waals surface area contributed by atoms with E-state index >= 15 is 0 Å². The highest BCUT2D eigenvalue weighted by Crippen LogP contribution is 2.29. The lowest BCUT2D eigenvalue weighted by Gasteiger charge is -2.28. The Labute approximate surface area is 223 Å². The number of hydrogen-bond donors (Lipinski definition) is 5. The number of aromatic amines is 1. The van der Waals surface area contributed by atoms with Gasteiger partial charge in [-0.05, 0) is 47.9 Å². The number of carbonyl (C=O) groups excluding carboxylic acids is 1. The minimum Gasteiger partial charge on any atom is -0.507 e. The molecule has 36 heavy (non-hydrogen) atoms. The zero-order chi connectivity index (χ0) is 25.9. The number of phenolic OH excluding ortho intramolecular Hbond substituents is 1. The molecule has 1 amide bonds. The standard InChI is InChI=1S/C24H29IN6O4S/c1-2-16-11-15(12-17(13-25)21(16)32)14-27-23-20(22(26)33)24(30-29-23)28-18-3-5-19(6-4-18)31-7-9-36(34,35)10-8-31/h3-6,11-12,32H,2,7-10,13-14H2,1H3,(H2,26,33)(H3,27,28,29,30). The molecule has 6 N–H and O–H groups in total. The smallest absolute Gasteiger partial charge is 0.256 e. The second kappa shape index (κ2) is 10.9. The van der Waals surface area contributed by atoms with Crippen molar-refractivity contribution < 1.29 is 18.3 Å². The van der Waals surface area contributed by atoms with Gasteiger partial charge < -0.3 is 26.4 Å². The number of H-pyrrole nitrogens is 1. The van der Waals surface area contributed by atoms with E-state index in [4.69, 9.17) is 5.73 Å². The monoisotopic (exact) mass is 624 g/mol. The quantitative estimate of drug-likeness (QED) is 0.180. The lowest BCUT2D eigenvalue weighted by molar-refractivity contribution is 0.100. The van der Waals surface area contributed by atoms with Crippen LogP contribution >= 0.6 is 22.6 Å². The van der Waals surface area contributed by atoms with Crippen LogP contribution in [-0.4, -0.2) is 54.2 Å². The SMILES string of the molecule is CCc1cc(CNc2[nH]nc(Nc3ccc(N4CCS(=O)(=O)CC4)cc3)c2C(N)=O)cc(CI)c1O. The molecule has 10 nitrogen and oxygen atoms in total. The molecule has 1 aliphatic heterocycles. The van der Waals surface area contributed by atoms with Crippen LogP contribution in [-0.2, 0) is 27.2 Å². The molecule has 0 spiro atoms. The molecule has 192 valence electrons. The first-order chi connectivity index (χ1) is 17.2. The molecule has 2 aromatic carbocycles. The van der Waals surface area contributed by atoms with Crippen molar-refractivity contribution in [3.8, 4) is 5.75 Å². The second-order valence-corrected chi connectivity index (χ2v) is 11.7. The largest absolute Gasteiger partial charge is 0.507 e. The fourth-order valence-electron chi connectivity index (χ4n) is 4.16. The zero-order valence-corrected chi connectivity index (χ0v) is 22.8. The number of alkyl halides is 1. The van der Waals surface area contributed by atoms with E-state index in [2.05, 4.69) is 43.4 Å². The molecular weight excluding hydrogens is 595 g/mol. The van der Waals surface area contributed by atoms with Crippen LogP contribution in [0.2, 0.25) is 0 Å². The van der Waals surface area contributed by atoms with Crippen molar-refractivity contribution in [2.24, 2.45) is 5.73 Å². The number of nitrogens with zero attached hydrogens (tertiary/aromatic N) is 2. The van der Waals surface area contributed by atoms with Crippen LogP contribution < -0.4 is 21.3 Å². The molecule has 12 heteroatoms. The van der Waals surface area contributed by atoms with Gasteiger partial charge in [0.25, 0.3) is 5.91 Å². The molecular formula is C24H29IN6O4S. The number of aryl methyl sites for hydroxylation is 1. The van der Waals surface area contributed by atoms with Crippen LogP contribution in [0, 0.1) is 0 Å². The van der Waals surface area contributed by atoms with Crippen molar-refractivity contribution in [2.75, 3.05) is 40.1 Å². The molecule has 0 unspecified atom stereocenters. The third-order valence-electron chi connectivity index (χ3n) is 6.17. The maximum absolute atomic E-state index is 12.3. The number of nitrogens with one attached hydrogen (secondary N) is 3. The minimum absolute atomic E-state index is 0.154. The Bertz CT molecular complexity index is 1320. The molecule has 0 aliphatic carbocycles. The van der Waals surface area contributed by atoms with Gasteiger partial charge in [-0.1, -0.05) is 35.6 Å². The maximum Gasteiger partial charge on any atom is 0.256 e. The Morgan fingerprint density at radius 3 is 2.47 bits per heavy atom. The number of anilines is 4. The van der Waals surface area contributed by atoms with E-state index in [1.54, 1.807) is 0 Å². The number of nitrogens with two attached hydrogens (primary N) is 1. The summed E-state index contributed by atoms with van der Waals surface area (Å²) in [6, 6.07) is 11.4. The van der Waals surface area contributed by atoms with Crippen molar-refractivity contribution in [2.45, 2.75) is 24.3 Å². The van der Waals surface area contributed by atoms with Gasteiger partial charge in [0.1, 0.15) is 17.1 Å². The molecule has 0 radical (unpaired) electrons. The van der Waals surface area contributed by atoms with Gasteiger partial charge >= 0.3 is 0 Å². The van der Waals surface area contributed by atoms with E-state index in [-0.39, 0.29) is 17.1 Å². The van der Waals surface area contributed by atoms with E-state index in [9.17, 15) is 18.3 Å². The molecule has 0 atom stereocenters. The number of aromatic hydroxyl groups is 1. The number of aromatic nitrogens is 2. The lowest BCUT2D eigenvalue weighted by Crippen LogP contribution is -2.40. The van der Waals surface area contributed by atoms with Crippen molar-refractivity contribution in [3.05, 3.63) is 58.7 Å². The van der Waals surface area contributed by atoms with E-state index in [1.165, 1.54) is 0 Å². The normalized spacial score (nSPS) is 15.0. The fourth-order valence-corrected chi connectivity index (χ4v) is 5.94. The summed E-state index contributed by atoms with van der Waals surface area (Å²) in [6.07, 6.45) is 0.712. The predicted octanol–water partition coefficient (Wildman–Crippen LogP) is 3.30. The number of halogens is 1. The summed E-state index contributed by atoms with van der Waals surface area (Å²) in [5.41, 5.74) is 10.2. The van der Waals surface area contributed by atoms with Gasteiger partial charge in [0.15, 0.2) is 15.7 Å². The Balaban J connectivity index is 1.47. The molecule has 1 saturated heterocycles. The van der Waals surface area contributed by atoms with Gasteiger partial charge in [0.2, 0.25) is 0 Å². The Hall–Kier alpha value is -3.00. The van der Waals surface area contributed by atoms with Crippen LogP contribution in [0.5, 0.6) is 5.75 Å². The third-order valence-corrected chi connectivity index (χ3v) is 8.61. The van der Waals surface area contributed by atoms with Gasteiger partial charge in [0, 0.05) is 41.0 Å². The highest BCUT2D eigenvalue weighted by Gasteiger charge is 2.22. The Morgan fingerprint density at radius 1 is 1.19 bits per heavy atom. The van der Waals surface area contributed by atoms with Crippen LogP contribution in [0.25, 0.3) is 0 Å². The first-order valence-corrected chi connectivity index (χ1v) is 14.9. The molecule has 3 aromatic rings. The molecule has 2 heterocycles. The minimum atomic E-state index is -2.94. The number of primary amides is 1. The molecule has 0 bridgehead atoms. The summed E-state index contributed by atoms with van der Waals surface area (Å²) in [5, 5.41) is 23.7. The molecule has 1 aliphatic rings. The van der Waals surface area contributed by atoms with Gasteiger partial charge in [-0.15, -0.1) is 0 Å². The van der Waals surface area contributed by atoms with E-state index in [1.807, 2.05) is 48.2 Å². The average molecular weight is 625 g/mol. The van der Waals surface area contributed by atoms with Gasteiger partial charge in [-0.2, -0.15) is 5.10 Å². The summed E-state index contributed by atoms with van der Waals surface area (Å²) in [5.74, 6) is 0.710. The first kappa shape index (κ1) is 26.1. The van der Waals surface area contributed by atoms with Gasteiger partial charge in [-0.3, -0.25) is 9.89 Å². The van der Waals surface area contributed by atoms with Crippen LogP contribution in [0.15, 0.2) is 36.4 Å². The van der Waals surface area contributed by atoms with Crippen LogP contribution in [0.1, 0.15) is 34.0 Å². The molecule has 1 aromatic heterocycles. The fraction of sp³-hybridized carbons (Fsp3) is 0.333. The lowest BCUT2D eigenvalue weighted by atomic mass is 10.0. The third kappa shape index (κ3) is 5.86. The summed E-state index contributed by atoms with van der Waals surface area (Å²) in [7, 11) is -2.94. The predicted molar refractivity (Wildman–Crippen MR) is 150 cm³/mol. The van der Waals surface area contributed by atoms with Crippen molar-refractivity contribution in [1.29, 1.82) is 0 Å². The number of hydrogen-bond acceptors (Lipinski definition) is 8. The van der Waals surface area contributed by atoms with E-state index in [0.29, 0.717) is 53.6 Å². The topological polar surface area (TPSA) is 153 Å². The second-order valence-electron chi connectivity index (χ2n) is 8.60. The summed E-state index contributed by atoms with van der Waals surface area (Å²) < 4.78 is 24.0. The number of amides is 1. The van der Waals surface area contributed by atoms with Crippen molar-refractivity contribution in [3.63, 3.8) is 0 Å². The average Bonchev–Trinajstić information content (AvgIpc) is 3.26. The highest BCUT2D eigenvalue weighted by atomic mass is 127. The maximum atomic E-state index is 12.3. The summed E-state index contributed by atoms with van der Waals surface area (Å²) in [4.78, 5) is 14.3. The van der Waals surface area contributed by atoms with Gasteiger partial charge in [-0.25, -0.2) is 8.42 Å². The number of rotatable bonds is 9. The van der Waals surface area contributed by atoms with Gasteiger partial charge in [0.05, 0.1) is 11.5 Å². The number of carbonyl (C=O) groups is 1. The summed E-state index contributed by atoms with van der Waals surface area (Å²) in [6.45, 7) is 3.34. The summed E-state index contributed by atoms with van der Waals surface area (Å²) >= 11 is 2.22.